The Hall–Kier alpha value is -2.47. The fraction of sp³-hybridized carbons (Fsp3) is 0.821. The Morgan fingerprint density at radius 1 is 1.06 bits per heavy atom. The highest BCUT2D eigenvalue weighted by atomic mass is 16.7. The molecule has 0 aromatic rings. The second-order valence-electron chi connectivity index (χ2n) is 16.2. The molecule has 1 unspecified atom stereocenters. The lowest BCUT2D eigenvalue weighted by Gasteiger charge is -2.48. The van der Waals surface area contributed by atoms with Crippen molar-refractivity contribution < 1.29 is 43.2 Å². The largest absolute Gasteiger partial charge is 0.459 e. The maximum absolute atomic E-state index is 14.4. The van der Waals surface area contributed by atoms with Crippen LogP contribution in [-0.4, -0.2) is 95.8 Å². The van der Waals surface area contributed by atoms with E-state index in [1.807, 2.05) is 46.7 Å². The van der Waals surface area contributed by atoms with Gasteiger partial charge >= 0.3 is 11.9 Å². The van der Waals surface area contributed by atoms with E-state index in [2.05, 4.69) is 18.5 Å². The van der Waals surface area contributed by atoms with Crippen LogP contribution in [0.3, 0.4) is 0 Å². The number of likely N-dealkylation sites (N-methyl/N-ethyl adjacent to an activating group) is 1. The van der Waals surface area contributed by atoms with Crippen molar-refractivity contribution in [2.45, 2.75) is 157 Å². The molecule has 1 N–H and O–H groups in total. The highest BCUT2D eigenvalue weighted by Gasteiger charge is 2.52. The Labute approximate surface area is 299 Å². The molecule has 2 heterocycles. The second-order valence-corrected chi connectivity index (χ2v) is 16.2. The summed E-state index contributed by atoms with van der Waals surface area (Å²) in [7, 11) is 3.84. The number of hydrogen-bond acceptors (Lipinski definition) is 10. The number of ether oxygens (including phenoxy) is 4. The quantitative estimate of drug-likeness (QED) is 0.215. The summed E-state index contributed by atoms with van der Waals surface area (Å²) in [5.41, 5.74) is -0.594. The summed E-state index contributed by atoms with van der Waals surface area (Å²) in [5.74, 6) is -4.91. The van der Waals surface area contributed by atoms with Crippen molar-refractivity contribution in [3.05, 3.63) is 12.2 Å². The summed E-state index contributed by atoms with van der Waals surface area (Å²) < 4.78 is 25.3. The van der Waals surface area contributed by atoms with Crippen LogP contribution in [0.25, 0.3) is 0 Å². The van der Waals surface area contributed by atoms with Crippen molar-refractivity contribution in [2.24, 2.45) is 40.0 Å². The molecule has 11 heteroatoms. The maximum Gasteiger partial charge on any atom is 0.316 e. The fourth-order valence-electron chi connectivity index (χ4n) is 8.95. The van der Waals surface area contributed by atoms with Gasteiger partial charge in [0.1, 0.15) is 17.6 Å². The lowest BCUT2D eigenvalue weighted by atomic mass is 9.65. The summed E-state index contributed by atoms with van der Waals surface area (Å²) in [6, 6.07) is -0.212. The van der Waals surface area contributed by atoms with E-state index in [-0.39, 0.29) is 35.7 Å². The Balaban J connectivity index is 2.32. The zero-order valence-electron chi connectivity index (χ0n) is 32.6. The molecule has 1 saturated carbocycles. The first-order valence-electron chi connectivity index (χ1n) is 18.5. The molecule has 0 spiro atoms. The van der Waals surface area contributed by atoms with Gasteiger partial charge in [-0.3, -0.25) is 19.2 Å². The first-order valence-corrected chi connectivity index (χ1v) is 18.5. The van der Waals surface area contributed by atoms with Crippen molar-refractivity contribution in [1.29, 1.82) is 0 Å². The fourth-order valence-corrected chi connectivity index (χ4v) is 8.95. The number of rotatable bonds is 5. The molecule has 0 aromatic carbocycles. The second kappa shape index (κ2) is 16.9. The third kappa shape index (κ3) is 9.49. The molecular weight excluding hydrogens is 640 g/mol. The Bertz CT molecular complexity index is 1290. The van der Waals surface area contributed by atoms with Crippen LogP contribution in [0.15, 0.2) is 17.1 Å². The lowest BCUT2D eigenvalue weighted by Crippen LogP contribution is -2.58. The highest BCUT2D eigenvalue weighted by molar-refractivity contribution is 6.00. The first-order chi connectivity index (χ1) is 23.1. The van der Waals surface area contributed by atoms with E-state index in [4.69, 9.17) is 18.9 Å². The first kappa shape index (κ1) is 41.9. The molecule has 1 aliphatic carbocycles. The van der Waals surface area contributed by atoms with Gasteiger partial charge in [0.05, 0.1) is 18.2 Å². The minimum atomic E-state index is -1.49. The number of aliphatic imine (C=N–C) groups is 1. The smallest absolute Gasteiger partial charge is 0.316 e. The number of hydrogen-bond donors (Lipinski definition) is 1. The molecule has 0 radical (unpaired) electrons. The van der Waals surface area contributed by atoms with Gasteiger partial charge in [0.25, 0.3) is 0 Å². The molecular formula is C39H64N2O9. The number of Topliss-reactive ketones (excluding diaryl/α,β-unsaturated/α-hetero) is 1. The van der Waals surface area contributed by atoms with Crippen molar-refractivity contribution in [1.82, 2.24) is 4.90 Å². The summed E-state index contributed by atoms with van der Waals surface area (Å²) in [6.07, 6.45) is 0.00938. The molecule has 2 aliphatic heterocycles. The lowest BCUT2D eigenvalue weighted by molar-refractivity contribution is -0.290. The predicted octanol–water partition coefficient (Wildman–Crippen LogP) is 5.70. The van der Waals surface area contributed by atoms with Crippen molar-refractivity contribution in [3.63, 3.8) is 0 Å². The molecule has 11 nitrogen and oxygen atoms in total. The van der Waals surface area contributed by atoms with Gasteiger partial charge in [0, 0.05) is 31.4 Å². The number of carbonyl (C=O) groups excluding carboxylic acids is 4. The van der Waals surface area contributed by atoms with Gasteiger partial charge in [0.15, 0.2) is 18.2 Å². The standard InChI is InChI=1S/C39H64N2O9/c1-14-31-39(11,46)29-16-15-21(2)17-18-38(10,20-22(3)32(24(29)5)40-27(8)42)35(25(6)33(44)26(7)36(45)49-31)50-37-34(48-28(9)43)30(41(12)13)19-23(4)47-37/h22-26,29-31,34-35,37,46H,2,14-20H2,1,3-13H3/t22-,23-,24-,25+,26-,29?,30+,31-,34-,35-,37+,38-,39+/m1/s1. The van der Waals surface area contributed by atoms with Crippen LogP contribution in [0.2, 0.25) is 0 Å². The van der Waals surface area contributed by atoms with E-state index in [1.165, 1.54) is 13.8 Å². The zero-order chi connectivity index (χ0) is 37.9. The highest BCUT2D eigenvalue weighted by Crippen LogP contribution is 2.47. The summed E-state index contributed by atoms with van der Waals surface area (Å²) in [4.78, 5) is 59.9. The van der Waals surface area contributed by atoms with E-state index >= 15 is 0 Å². The number of amides is 1. The Morgan fingerprint density at radius 2 is 1.70 bits per heavy atom. The van der Waals surface area contributed by atoms with E-state index in [9.17, 15) is 24.3 Å². The number of nitrogens with zero attached hydrogens (tertiary/aromatic N) is 2. The van der Waals surface area contributed by atoms with Gasteiger partial charge in [-0.05, 0) is 97.1 Å². The summed E-state index contributed by atoms with van der Waals surface area (Å²) >= 11 is 0. The molecule has 3 aliphatic rings. The number of carbonyl (C=O) groups is 4. The molecule has 284 valence electrons. The van der Waals surface area contributed by atoms with Crippen LogP contribution in [0.5, 0.6) is 0 Å². The van der Waals surface area contributed by atoms with Crippen LogP contribution in [-0.2, 0) is 38.1 Å². The van der Waals surface area contributed by atoms with Crippen LogP contribution in [0, 0.1) is 35.0 Å². The van der Waals surface area contributed by atoms with E-state index in [0.29, 0.717) is 50.7 Å². The van der Waals surface area contributed by atoms with Gasteiger partial charge in [-0.1, -0.05) is 46.8 Å². The minimum absolute atomic E-state index is 0.212. The van der Waals surface area contributed by atoms with Crippen molar-refractivity contribution >= 4 is 29.3 Å². The molecule has 2 saturated heterocycles. The van der Waals surface area contributed by atoms with Crippen LogP contribution in [0.1, 0.15) is 114 Å². The van der Waals surface area contributed by atoms with E-state index in [1.54, 1.807) is 20.8 Å². The molecule has 3 rings (SSSR count). The maximum atomic E-state index is 14.4. The van der Waals surface area contributed by atoms with Gasteiger partial charge in [0.2, 0.25) is 5.91 Å². The topological polar surface area (TPSA) is 141 Å². The van der Waals surface area contributed by atoms with Gasteiger partial charge in [-0.15, -0.1) is 0 Å². The molecule has 13 atom stereocenters. The Morgan fingerprint density at radius 3 is 2.26 bits per heavy atom. The SMILES string of the molecule is C=C1CCC2[C@@H](C)C(=NC(C)=O)[C@H](C)C[C@@](C)(CC1)[C@H](O[C@@H]1O[C@H](C)C[C@H](N(C)C)[C@H]1OC(C)=O)[C@@H](C)C(=O)[C@@H](C)C(=O)O[C@H](CC)[C@@]2(C)O. The number of esters is 2. The van der Waals surface area contributed by atoms with Crippen molar-refractivity contribution in [2.75, 3.05) is 14.1 Å². The average molecular weight is 705 g/mol. The summed E-state index contributed by atoms with van der Waals surface area (Å²) in [5, 5.41) is 12.3. The number of cyclic esters (lactones) is 1. The molecule has 1 amide bonds. The van der Waals surface area contributed by atoms with Gasteiger partial charge in [-0.2, -0.15) is 0 Å². The van der Waals surface area contributed by atoms with E-state index < -0.39 is 65.3 Å². The minimum Gasteiger partial charge on any atom is -0.459 e. The normalized spacial score (nSPS) is 41.9. The Kier molecular flexibility index (Phi) is 14.2. The zero-order valence-corrected chi connectivity index (χ0v) is 32.6. The van der Waals surface area contributed by atoms with Crippen LogP contribution < -0.4 is 0 Å². The van der Waals surface area contributed by atoms with Gasteiger partial charge < -0.3 is 29.0 Å². The number of fused-ring (bicyclic) bond motifs is 5. The molecule has 50 heavy (non-hydrogen) atoms. The number of ketones is 1. The monoisotopic (exact) mass is 704 g/mol. The molecule has 2 bridgehead atoms. The van der Waals surface area contributed by atoms with Crippen LogP contribution >= 0.6 is 0 Å². The third-order valence-corrected chi connectivity index (χ3v) is 11.7. The van der Waals surface area contributed by atoms with Crippen LogP contribution in [0.4, 0.5) is 0 Å². The number of aliphatic hydroxyl groups is 1. The van der Waals surface area contributed by atoms with Gasteiger partial charge in [-0.25, -0.2) is 4.99 Å². The summed E-state index contributed by atoms with van der Waals surface area (Å²) in [6.45, 7) is 22.1. The van der Waals surface area contributed by atoms with E-state index in [0.717, 1.165) is 5.57 Å². The number of allylic oxidation sites excluding steroid dienone is 1. The third-order valence-electron chi connectivity index (χ3n) is 11.7. The average Bonchev–Trinajstić information content (AvgIpc) is 3.03. The predicted molar refractivity (Wildman–Crippen MR) is 191 cm³/mol. The van der Waals surface area contributed by atoms with Crippen molar-refractivity contribution in [3.8, 4) is 0 Å². The molecule has 0 aromatic heterocycles. The molecule has 3 fully saturated rings.